The highest BCUT2D eigenvalue weighted by molar-refractivity contribution is 5.62. The summed E-state index contributed by atoms with van der Waals surface area (Å²) in [7, 11) is 0. The summed E-state index contributed by atoms with van der Waals surface area (Å²) in [5.74, 6) is 0. The van der Waals surface area contributed by atoms with Gasteiger partial charge in [-0.25, -0.2) is 0 Å². The van der Waals surface area contributed by atoms with Gasteiger partial charge < -0.3 is 10.1 Å². The largest absolute Gasteiger partial charge is 0.392 e. The van der Waals surface area contributed by atoms with E-state index in [-0.39, 0.29) is 6.61 Å². The molecule has 1 heterocycles. The van der Waals surface area contributed by atoms with Gasteiger partial charge in [0.05, 0.1) is 6.61 Å². The lowest BCUT2D eigenvalue weighted by Gasteiger charge is -1.98. The van der Waals surface area contributed by atoms with Gasteiger partial charge in [0.25, 0.3) is 0 Å². The van der Waals surface area contributed by atoms with Crippen molar-refractivity contribution in [2.45, 2.75) is 20.5 Å². The average Bonchev–Trinajstić information content (AvgIpc) is 2.60. The van der Waals surface area contributed by atoms with Crippen molar-refractivity contribution in [2.24, 2.45) is 0 Å². The van der Waals surface area contributed by atoms with Crippen LogP contribution in [0.25, 0.3) is 11.3 Å². The summed E-state index contributed by atoms with van der Waals surface area (Å²) < 4.78 is 0. The molecule has 1 aromatic carbocycles. The van der Waals surface area contributed by atoms with E-state index in [2.05, 4.69) is 30.1 Å². The Morgan fingerprint density at radius 3 is 2.60 bits per heavy atom. The van der Waals surface area contributed by atoms with E-state index in [0.717, 1.165) is 22.5 Å². The van der Waals surface area contributed by atoms with Crippen molar-refractivity contribution >= 4 is 0 Å². The van der Waals surface area contributed by atoms with Crippen LogP contribution in [0.1, 0.15) is 16.8 Å². The van der Waals surface area contributed by atoms with Gasteiger partial charge in [-0.1, -0.05) is 23.8 Å². The van der Waals surface area contributed by atoms with E-state index in [9.17, 15) is 0 Å². The molecule has 0 saturated carbocycles. The zero-order valence-corrected chi connectivity index (χ0v) is 9.04. The van der Waals surface area contributed by atoms with Crippen molar-refractivity contribution in [2.75, 3.05) is 0 Å². The van der Waals surface area contributed by atoms with E-state index in [1.807, 2.05) is 19.1 Å². The van der Waals surface area contributed by atoms with E-state index in [0.29, 0.717) is 0 Å². The summed E-state index contributed by atoms with van der Waals surface area (Å²) in [6, 6.07) is 10.3. The third-order valence-electron chi connectivity index (χ3n) is 2.62. The van der Waals surface area contributed by atoms with Crippen LogP contribution in [-0.4, -0.2) is 10.1 Å². The number of rotatable bonds is 2. The fourth-order valence-corrected chi connectivity index (χ4v) is 1.73. The van der Waals surface area contributed by atoms with Crippen molar-refractivity contribution in [1.82, 2.24) is 4.98 Å². The van der Waals surface area contributed by atoms with Crippen molar-refractivity contribution in [3.63, 3.8) is 0 Å². The molecule has 15 heavy (non-hydrogen) atoms. The maximum atomic E-state index is 9.11. The van der Waals surface area contributed by atoms with E-state index in [1.54, 1.807) is 0 Å². The Hall–Kier alpha value is -1.54. The molecule has 0 unspecified atom stereocenters. The van der Waals surface area contributed by atoms with Crippen LogP contribution in [0.4, 0.5) is 0 Å². The Morgan fingerprint density at radius 2 is 2.00 bits per heavy atom. The van der Waals surface area contributed by atoms with Crippen molar-refractivity contribution in [3.05, 3.63) is 47.2 Å². The third kappa shape index (κ3) is 1.95. The molecular formula is C13H15NO. The first-order valence-electron chi connectivity index (χ1n) is 5.07. The zero-order chi connectivity index (χ0) is 10.8. The van der Waals surface area contributed by atoms with Crippen molar-refractivity contribution < 1.29 is 5.11 Å². The summed E-state index contributed by atoms with van der Waals surface area (Å²) in [5.41, 5.74) is 5.48. The van der Waals surface area contributed by atoms with Gasteiger partial charge in [0.15, 0.2) is 0 Å². The Labute approximate surface area is 89.6 Å². The lowest BCUT2D eigenvalue weighted by atomic mass is 10.1. The molecule has 0 atom stereocenters. The Morgan fingerprint density at radius 1 is 1.20 bits per heavy atom. The van der Waals surface area contributed by atoms with E-state index < -0.39 is 0 Å². The van der Waals surface area contributed by atoms with Crippen molar-refractivity contribution in [3.8, 4) is 11.3 Å². The normalized spacial score (nSPS) is 10.6. The predicted octanol–water partition coefficient (Wildman–Crippen LogP) is 2.79. The molecule has 0 radical (unpaired) electrons. The zero-order valence-electron chi connectivity index (χ0n) is 9.04. The fraction of sp³-hybridized carbons (Fsp3) is 0.231. The average molecular weight is 201 g/mol. The van der Waals surface area contributed by atoms with Crippen LogP contribution in [0.5, 0.6) is 0 Å². The SMILES string of the molecule is Cc1cccc(-c2cc(CO)c(C)[nH]2)c1. The van der Waals surface area contributed by atoms with Gasteiger partial charge in [0, 0.05) is 11.4 Å². The molecule has 2 heteroatoms. The highest BCUT2D eigenvalue weighted by Crippen LogP contribution is 2.22. The van der Waals surface area contributed by atoms with Crippen LogP contribution in [0.2, 0.25) is 0 Å². The highest BCUT2D eigenvalue weighted by atomic mass is 16.3. The molecule has 0 saturated heterocycles. The Kier molecular flexibility index (Phi) is 2.60. The lowest BCUT2D eigenvalue weighted by Crippen LogP contribution is -1.81. The standard InChI is InChI=1S/C13H15NO/c1-9-4-3-5-11(6-9)13-7-12(8-15)10(2)14-13/h3-7,14-15H,8H2,1-2H3. The second-order valence-electron chi connectivity index (χ2n) is 3.86. The maximum absolute atomic E-state index is 9.11. The molecule has 2 N–H and O–H groups in total. The number of aliphatic hydroxyl groups is 1. The molecule has 2 rings (SSSR count). The number of benzene rings is 1. The van der Waals surface area contributed by atoms with E-state index in [4.69, 9.17) is 5.11 Å². The Balaban J connectivity index is 2.45. The van der Waals surface area contributed by atoms with Crippen molar-refractivity contribution in [1.29, 1.82) is 0 Å². The Bertz CT molecular complexity index is 471. The van der Waals surface area contributed by atoms with Crippen LogP contribution < -0.4 is 0 Å². The van der Waals surface area contributed by atoms with Gasteiger partial charge in [-0.2, -0.15) is 0 Å². The second-order valence-corrected chi connectivity index (χ2v) is 3.86. The van der Waals surface area contributed by atoms with Crippen LogP contribution >= 0.6 is 0 Å². The minimum Gasteiger partial charge on any atom is -0.392 e. The molecular weight excluding hydrogens is 186 g/mol. The monoisotopic (exact) mass is 201 g/mol. The molecule has 0 fully saturated rings. The number of H-pyrrole nitrogens is 1. The van der Waals surface area contributed by atoms with Crippen LogP contribution in [0.15, 0.2) is 30.3 Å². The number of hydrogen-bond donors (Lipinski definition) is 2. The number of nitrogens with one attached hydrogen (secondary N) is 1. The molecule has 0 amide bonds. The summed E-state index contributed by atoms with van der Waals surface area (Å²) in [6.45, 7) is 4.14. The topological polar surface area (TPSA) is 36.0 Å². The number of hydrogen-bond acceptors (Lipinski definition) is 1. The second kappa shape index (κ2) is 3.91. The summed E-state index contributed by atoms with van der Waals surface area (Å²) >= 11 is 0. The smallest absolute Gasteiger partial charge is 0.0699 e. The molecule has 2 nitrogen and oxygen atoms in total. The number of aryl methyl sites for hydroxylation is 2. The van der Waals surface area contributed by atoms with Gasteiger partial charge in [0.1, 0.15) is 0 Å². The third-order valence-corrected chi connectivity index (χ3v) is 2.62. The molecule has 0 aliphatic heterocycles. The highest BCUT2D eigenvalue weighted by Gasteiger charge is 2.05. The van der Waals surface area contributed by atoms with Gasteiger partial charge in [-0.15, -0.1) is 0 Å². The first-order chi connectivity index (χ1) is 7.20. The summed E-state index contributed by atoms with van der Waals surface area (Å²) in [6.07, 6.45) is 0. The van der Waals surface area contributed by atoms with Crippen LogP contribution in [-0.2, 0) is 6.61 Å². The number of aromatic nitrogens is 1. The maximum Gasteiger partial charge on any atom is 0.0699 e. The van der Waals surface area contributed by atoms with Crippen LogP contribution in [0.3, 0.4) is 0 Å². The lowest BCUT2D eigenvalue weighted by molar-refractivity contribution is 0.281. The summed E-state index contributed by atoms with van der Waals surface area (Å²) in [5, 5.41) is 9.11. The molecule has 0 spiro atoms. The summed E-state index contributed by atoms with van der Waals surface area (Å²) in [4.78, 5) is 3.28. The van der Waals surface area contributed by atoms with E-state index >= 15 is 0 Å². The van der Waals surface area contributed by atoms with E-state index in [1.165, 1.54) is 5.56 Å². The molecule has 0 bridgehead atoms. The van der Waals surface area contributed by atoms with Gasteiger partial charge in [0.2, 0.25) is 0 Å². The molecule has 0 aliphatic rings. The first kappa shape index (κ1) is 9.99. The minimum absolute atomic E-state index is 0.0914. The predicted molar refractivity (Wildman–Crippen MR) is 61.6 cm³/mol. The number of aliphatic hydroxyl groups excluding tert-OH is 1. The molecule has 78 valence electrons. The first-order valence-corrected chi connectivity index (χ1v) is 5.07. The van der Waals surface area contributed by atoms with Gasteiger partial charge >= 0.3 is 0 Å². The minimum atomic E-state index is 0.0914. The van der Waals surface area contributed by atoms with Gasteiger partial charge in [-0.3, -0.25) is 0 Å². The van der Waals surface area contributed by atoms with Gasteiger partial charge in [-0.05, 0) is 37.1 Å². The molecule has 0 aliphatic carbocycles. The molecule has 1 aromatic heterocycles. The molecule has 2 aromatic rings. The van der Waals surface area contributed by atoms with Crippen LogP contribution in [0, 0.1) is 13.8 Å². The quantitative estimate of drug-likeness (QED) is 0.770. The fourth-order valence-electron chi connectivity index (χ4n) is 1.73. The number of aromatic amines is 1.